The first-order chi connectivity index (χ1) is 42.3. The number of nitrogens with zero attached hydrogens (tertiary/aromatic N) is 5. The Bertz CT molecular complexity index is 4520. The van der Waals surface area contributed by atoms with Crippen molar-refractivity contribution in [2.75, 3.05) is 21.3 Å². The van der Waals surface area contributed by atoms with Crippen LogP contribution in [0.3, 0.4) is 0 Å². The molecule has 6 nitrogen and oxygen atoms in total. The van der Waals surface area contributed by atoms with E-state index in [1.807, 2.05) is 0 Å². The summed E-state index contributed by atoms with van der Waals surface area (Å²) < 4.78 is 9.76. The molecule has 416 valence electrons. The van der Waals surface area contributed by atoms with E-state index in [0.717, 1.165) is 62.8 Å². The van der Waals surface area contributed by atoms with Crippen molar-refractivity contribution >= 4 is 63.2 Å². The number of hydrogen-bond acceptors (Lipinski definition) is 5. The van der Waals surface area contributed by atoms with Gasteiger partial charge in [-0.05, 0) is 194 Å². The number of aryl methyl sites for hydroxylation is 3. The second-order valence-corrected chi connectivity index (χ2v) is 25.4. The predicted molar refractivity (Wildman–Crippen MR) is 357 cm³/mol. The van der Waals surface area contributed by atoms with Gasteiger partial charge >= 0.3 is 6.85 Å². The van der Waals surface area contributed by atoms with E-state index >= 15 is 0 Å². The number of para-hydroxylation sites is 5. The third-order valence-electron chi connectivity index (χ3n) is 20.4. The monoisotopic (exact) mass is 1110 g/mol. The molecule has 0 spiro atoms. The van der Waals surface area contributed by atoms with Gasteiger partial charge in [-0.1, -0.05) is 169 Å². The van der Waals surface area contributed by atoms with Crippen LogP contribution in [0.4, 0.5) is 28.4 Å². The van der Waals surface area contributed by atoms with Crippen LogP contribution in [0.2, 0.25) is 0 Å². The summed E-state index contributed by atoms with van der Waals surface area (Å²) in [5.41, 5.74) is 23.0. The summed E-state index contributed by atoms with van der Waals surface area (Å²) in [5.74, 6) is 7.75. The van der Waals surface area contributed by atoms with Crippen LogP contribution >= 0.6 is 0 Å². The SMILES string of the molecule is Cc1cc(C)c(-c2cc(Oc3ccc4c5ccccc5n(-c5cc(C6(C7=CC=CN8B7C=Cc7ccccc78)C7CC8CC(C7)CC6C8)ccn5)c4c3)cc(N3CN(c4c(-c5ccccc5)cccc4-c4ccccc4)c4ccccc43)c2)c(C)c1. The quantitative estimate of drug-likeness (QED) is 0.128. The van der Waals surface area contributed by atoms with Crippen molar-refractivity contribution < 1.29 is 4.74 Å². The maximum atomic E-state index is 7.35. The lowest BCUT2D eigenvalue weighted by Gasteiger charge is -2.63. The number of hydrogen-bond donors (Lipinski definition) is 0. The molecule has 0 radical (unpaired) electrons. The van der Waals surface area contributed by atoms with Gasteiger partial charge in [0.15, 0.2) is 0 Å². The molecular weight excluding hydrogens is 1050 g/mol. The summed E-state index contributed by atoms with van der Waals surface area (Å²) in [7, 11) is 0. The van der Waals surface area contributed by atoms with Crippen molar-refractivity contribution in [3.8, 4) is 50.7 Å². The maximum Gasteiger partial charge on any atom is 0.316 e. The fourth-order valence-electron chi connectivity index (χ4n) is 17.4. The van der Waals surface area contributed by atoms with Gasteiger partial charge in [-0.2, -0.15) is 0 Å². The summed E-state index contributed by atoms with van der Waals surface area (Å²) in [6, 6.07) is 78.1. The van der Waals surface area contributed by atoms with Crippen molar-refractivity contribution in [3.63, 3.8) is 0 Å². The molecule has 2 aromatic heterocycles. The molecule has 7 heteroatoms. The molecule has 4 fully saturated rings. The maximum absolute atomic E-state index is 7.35. The van der Waals surface area contributed by atoms with Crippen molar-refractivity contribution in [1.82, 2.24) is 9.55 Å². The number of pyridine rings is 1. The van der Waals surface area contributed by atoms with Crippen LogP contribution in [0.25, 0.3) is 67.1 Å². The van der Waals surface area contributed by atoms with Gasteiger partial charge in [-0.25, -0.2) is 4.98 Å². The highest BCUT2D eigenvalue weighted by atomic mass is 16.5. The summed E-state index contributed by atoms with van der Waals surface area (Å²) in [5, 5.41) is 2.37. The van der Waals surface area contributed by atoms with E-state index in [0.29, 0.717) is 18.5 Å². The van der Waals surface area contributed by atoms with Crippen LogP contribution < -0.4 is 19.3 Å². The summed E-state index contributed by atoms with van der Waals surface area (Å²) in [6.07, 6.45) is 18.2. The van der Waals surface area contributed by atoms with E-state index in [2.05, 4.69) is 289 Å². The predicted octanol–water partition coefficient (Wildman–Crippen LogP) is 19.9. The molecule has 0 amide bonds. The Kier molecular flexibility index (Phi) is 11.8. The Morgan fingerprint density at radius 1 is 0.535 bits per heavy atom. The minimum absolute atomic E-state index is 0.123. The van der Waals surface area contributed by atoms with Gasteiger partial charge in [0.2, 0.25) is 0 Å². The molecule has 4 aliphatic carbocycles. The molecule has 18 rings (SSSR count). The van der Waals surface area contributed by atoms with Crippen LogP contribution in [0.15, 0.2) is 248 Å². The first-order valence-electron chi connectivity index (χ1n) is 31.1. The van der Waals surface area contributed by atoms with Crippen molar-refractivity contribution in [3.05, 3.63) is 276 Å². The number of rotatable bonds is 10. The minimum Gasteiger partial charge on any atom is -0.457 e. The Hall–Kier alpha value is -9.59. The molecule has 9 aromatic carbocycles. The average molecular weight is 1110 g/mol. The molecule has 5 heterocycles. The molecular formula is C79H66BN5O. The molecule has 0 N–H and O–H groups in total. The molecule has 4 saturated carbocycles. The highest BCUT2D eigenvalue weighted by Gasteiger charge is 2.61. The van der Waals surface area contributed by atoms with Crippen molar-refractivity contribution in [1.29, 1.82) is 0 Å². The number of benzene rings is 9. The third kappa shape index (κ3) is 8.04. The second kappa shape index (κ2) is 20.0. The summed E-state index contributed by atoms with van der Waals surface area (Å²) in [4.78, 5) is 12.9. The first-order valence-corrected chi connectivity index (χ1v) is 31.1. The smallest absolute Gasteiger partial charge is 0.316 e. The third-order valence-corrected chi connectivity index (χ3v) is 20.4. The Morgan fingerprint density at radius 2 is 1.19 bits per heavy atom. The molecule has 11 aromatic rings. The number of ether oxygens (including phenoxy) is 1. The number of anilines is 5. The molecule has 4 bridgehead atoms. The molecule has 7 aliphatic rings. The molecule has 0 unspecified atom stereocenters. The van der Waals surface area contributed by atoms with Gasteiger partial charge in [-0.3, -0.25) is 4.57 Å². The van der Waals surface area contributed by atoms with Gasteiger partial charge < -0.3 is 19.3 Å². The fourth-order valence-corrected chi connectivity index (χ4v) is 17.4. The number of aromatic nitrogens is 2. The average Bonchev–Trinajstić information content (AvgIpc) is 0.894. The van der Waals surface area contributed by atoms with Crippen LogP contribution in [0.5, 0.6) is 11.5 Å². The van der Waals surface area contributed by atoms with E-state index in [-0.39, 0.29) is 12.3 Å². The van der Waals surface area contributed by atoms with E-state index in [1.54, 1.807) is 5.47 Å². The van der Waals surface area contributed by atoms with Gasteiger partial charge in [0, 0.05) is 57.0 Å². The van der Waals surface area contributed by atoms with E-state index in [1.165, 1.54) is 110 Å². The Labute approximate surface area is 504 Å². The Balaban J connectivity index is 0.793. The highest BCUT2D eigenvalue weighted by Crippen LogP contribution is 2.66. The van der Waals surface area contributed by atoms with Crippen molar-refractivity contribution in [2.24, 2.45) is 23.7 Å². The molecule has 0 saturated heterocycles. The largest absolute Gasteiger partial charge is 0.457 e. The van der Waals surface area contributed by atoms with Gasteiger partial charge in [0.05, 0.1) is 28.1 Å². The normalized spacial score (nSPS) is 20.6. The number of allylic oxidation sites excluding steroid dienone is 3. The van der Waals surface area contributed by atoms with Crippen molar-refractivity contribution in [2.45, 2.75) is 58.3 Å². The zero-order valence-corrected chi connectivity index (χ0v) is 48.9. The lowest BCUT2D eigenvalue weighted by atomic mass is 9.33. The molecule has 3 aliphatic heterocycles. The number of fused-ring (bicyclic) bond motifs is 7. The van der Waals surface area contributed by atoms with Crippen LogP contribution in [0, 0.1) is 44.4 Å². The highest BCUT2D eigenvalue weighted by molar-refractivity contribution is 6.77. The zero-order chi connectivity index (χ0) is 57.2. The lowest BCUT2D eigenvalue weighted by molar-refractivity contribution is -0.0408. The van der Waals surface area contributed by atoms with Crippen LogP contribution in [-0.2, 0) is 5.41 Å². The van der Waals surface area contributed by atoms with Gasteiger partial charge in [0.1, 0.15) is 24.0 Å². The van der Waals surface area contributed by atoms with E-state index in [9.17, 15) is 0 Å². The van der Waals surface area contributed by atoms with Gasteiger partial charge in [-0.15, -0.1) is 0 Å². The minimum atomic E-state index is -0.123. The standard InChI is InChI=1S/C79H66BN5O/c1-51-38-52(2)77(53(3)39-51)59-45-63(82-50-83(73-29-15-14-28-72(73)82)78-66(56-18-6-4-7-19-56)24-16-25-67(78)57-20-8-5-9-21-57)48-65(46-59)86-64-31-32-69-68-23-11-13-27-71(68)85(74(69)49-64)76-47-60(34-36-81-76)79(61-41-54-40-55(43-61)44-62(79)42-54)75-30-17-37-84-70-26-12-10-22-58(70)33-35-80(75)84/h4-39,45-49,54-55,61-62H,40-44,50H2,1-3H3. The molecule has 86 heavy (non-hydrogen) atoms. The van der Waals surface area contributed by atoms with E-state index in [4.69, 9.17) is 9.72 Å². The zero-order valence-electron chi connectivity index (χ0n) is 48.9. The Morgan fingerprint density at radius 3 is 1.92 bits per heavy atom. The van der Waals surface area contributed by atoms with E-state index < -0.39 is 0 Å². The molecule has 0 atom stereocenters. The van der Waals surface area contributed by atoms with Crippen LogP contribution in [-0.4, -0.2) is 23.1 Å². The lowest BCUT2D eigenvalue weighted by Crippen LogP contribution is -2.60. The summed E-state index contributed by atoms with van der Waals surface area (Å²) in [6.45, 7) is 7.42. The van der Waals surface area contributed by atoms with Gasteiger partial charge in [0.25, 0.3) is 0 Å². The van der Waals surface area contributed by atoms with Crippen LogP contribution in [0.1, 0.15) is 59.9 Å². The second-order valence-electron chi connectivity index (χ2n) is 25.4. The fraction of sp³-hybridized carbons (Fsp3) is 0.177. The summed E-state index contributed by atoms with van der Waals surface area (Å²) >= 11 is 0. The topological polar surface area (TPSA) is 36.8 Å². The first kappa shape index (κ1) is 50.9.